The van der Waals surface area contributed by atoms with Crippen molar-refractivity contribution >= 4 is 17.9 Å². The fourth-order valence-corrected chi connectivity index (χ4v) is 10.1. The Kier molecular flexibility index (Phi) is 5.06. The van der Waals surface area contributed by atoms with Gasteiger partial charge in [0.25, 0.3) is 0 Å². The molecule has 4 aliphatic carbocycles. The minimum absolute atomic E-state index is 0.00418. The van der Waals surface area contributed by atoms with Gasteiger partial charge < -0.3 is 19.3 Å². The first-order valence-corrected chi connectivity index (χ1v) is 13.2. The zero-order valence-electron chi connectivity index (χ0n) is 21.2. The Balaban J connectivity index is 1.67. The predicted octanol–water partition coefficient (Wildman–Crippen LogP) is 2.44. The molecule has 0 amide bonds. The lowest BCUT2D eigenvalue weighted by Crippen LogP contribution is -2.79. The molecule has 2 saturated heterocycles. The molecule has 192 valence electrons. The molecule has 0 aromatic heterocycles. The molecule has 0 aromatic carbocycles. The molecule has 8 heteroatoms. The Morgan fingerprint density at radius 2 is 1.86 bits per heavy atom. The number of carbonyl (C=O) groups excluding carboxylic acids is 3. The van der Waals surface area contributed by atoms with Crippen molar-refractivity contribution in [3.05, 3.63) is 11.1 Å². The van der Waals surface area contributed by atoms with E-state index in [0.717, 1.165) is 32.2 Å². The van der Waals surface area contributed by atoms with Crippen LogP contribution in [0.25, 0.3) is 0 Å². The number of aliphatic hydroxyl groups is 1. The first-order chi connectivity index (χ1) is 16.6. The molecule has 6 rings (SSSR count). The van der Waals surface area contributed by atoms with Crippen LogP contribution in [-0.4, -0.2) is 66.5 Å². The molecule has 4 fully saturated rings. The van der Waals surface area contributed by atoms with Crippen LogP contribution in [0.15, 0.2) is 11.1 Å². The molecule has 2 saturated carbocycles. The molecule has 0 unspecified atom stereocenters. The maximum Gasteiger partial charge on any atom is 0.309 e. The highest BCUT2D eigenvalue weighted by Crippen LogP contribution is 2.80. The number of carbonyl (C=O) groups is 3. The molecule has 2 aliphatic heterocycles. The van der Waals surface area contributed by atoms with E-state index in [9.17, 15) is 19.5 Å². The Bertz CT molecular complexity index is 1020. The van der Waals surface area contributed by atoms with Crippen molar-refractivity contribution in [1.29, 1.82) is 0 Å². The fourth-order valence-electron chi connectivity index (χ4n) is 10.1. The number of nitrogens with zero attached hydrogens (tertiary/aromatic N) is 1. The summed E-state index contributed by atoms with van der Waals surface area (Å²) in [5.74, 6) is -1.18. The number of hydrogen-bond acceptors (Lipinski definition) is 8. The third-order valence-corrected chi connectivity index (χ3v) is 10.9. The molecule has 0 radical (unpaired) electrons. The molecule has 0 aromatic rings. The Hall–Kier alpha value is -1.93. The van der Waals surface area contributed by atoms with Crippen LogP contribution in [0.1, 0.15) is 59.3 Å². The second-order valence-corrected chi connectivity index (χ2v) is 12.0. The lowest BCUT2D eigenvalue weighted by Gasteiger charge is -2.70. The van der Waals surface area contributed by atoms with Crippen LogP contribution >= 0.6 is 0 Å². The number of ether oxygens (including phenoxy) is 3. The van der Waals surface area contributed by atoms with E-state index in [1.807, 2.05) is 0 Å². The summed E-state index contributed by atoms with van der Waals surface area (Å²) < 4.78 is 17.3. The van der Waals surface area contributed by atoms with Gasteiger partial charge in [-0.1, -0.05) is 18.1 Å². The first-order valence-electron chi connectivity index (χ1n) is 13.2. The summed E-state index contributed by atoms with van der Waals surface area (Å²) in [6, 6.07) is 0. The molecule has 6 aliphatic rings. The Morgan fingerprint density at radius 3 is 2.54 bits per heavy atom. The summed E-state index contributed by atoms with van der Waals surface area (Å²) in [5, 5.41) is 13.0. The second-order valence-electron chi connectivity index (χ2n) is 12.0. The molecular formula is C27H37NO7. The van der Waals surface area contributed by atoms with Crippen LogP contribution in [0, 0.1) is 40.4 Å². The molecule has 1 spiro atoms. The third-order valence-electron chi connectivity index (χ3n) is 10.9. The largest absolute Gasteiger partial charge is 0.469 e. The smallest absolute Gasteiger partial charge is 0.309 e. The lowest BCUT2D eigenvalue weighted by atomic mass is 9.41. The van der Waals surface area contributed by atoms with Gasteiger partial charge in [-0.05, 0) is 56.3 Å². The van der Waals surface area contributed by atoms with Gasteiger partial charge >= 0.3 is 17.9 Å². The average molecular weight is 488 g/mol. The highest BCUT2D eigenvalue weighted by molar-refractivity contribution is 5.76. The van der Waals surface area contributed by atoms with Gasteiger partial charge in [-0.25, -0.2) is 0 Å². The van der Waals surface area contributed by atoms with Crippen LogP contribution in [0.2, 0.25) is 0 Å². The van der Waals surface area contributed by atoms with Crippen LogP contribution in [0.3, 0.4) is 0 Å². The number of methoxy groups -OCH3 is 1. The van der Waals surface area contributed by atoms with Crippen molar-refractivity contribution in [2.75, 3.05) is 26.8 Å². The number of piperidine rings is 1. The number of hydrogen-bond donors (Lipinski definition) is 1. The van der Waals surface area contributed by atoms with Crippen molar-refractivity contribution < 1.29 is 33.7 Å². The summed E-state index contributed by atoms with van der Waals surface area (Å²) in [4.78, 5) is 40.1. The molecule has 1 N–H and O–H groups in total. The first kappa shape index (κ1) is 23.5. The topological polar surface area (TPSA) is 102 Å². The van der Waals surface area contributed by atoms with Crippen molar-refractivity contribution in [3.8, 4) is 0 Å². The van der Waals surface area contributed by atoms with E-state index in [1.54, 1.807) is 0 Å². The number of esters is 3. The van der Waals surface area contributed by atoms with Gasteiger partial charge in [0, 0.05) is 38.3 Å². The normalized spacial score (nSPS) is 47.2. The van der Waals surface area contributed by atoms with E-state index in [0.29, 0.717) is 19.4 Å². The van der Waals surface area contributed by atoms with Gasteiger partial charge in [0.2, 0.25) is 0 Å². The lowest BCUT2D eigenvalue weighted by molar-refractivity contribution is -0.334. The Morgan fingerprint density at radius 1 is 1.11 bits per heavy atom. The maximum atomic E-state index is 13.2. The van der Waals surface area contributed by atoms with Crippen molar-refractivity contribution in [2.24, 2.45) is 40.4 Å². The SMILES string of the molecule is COC(=O)[C@H]1C[C@]23C4=C(CC[C@H]5CN6C[C@H](C)[C@H](C[C@H](OC(C)=O)[C@]52COC(C)=O)[C@@]63O)CC[C@@H]41. The molecule has 8 nitrogen and oxygen atoms in total. The predicted molar refractivity (Wildman–Crippen MR) is 123 cm³/mol. The summed E-state index contributed by atoms with van der Waals surface area (Å²) in [6.45, 7) is 6.54. The van der Waals surface area contributed by atoms with Gasteiger partial charge in [-0.2, -0.15) is 0 Å². The van der Waals surface area contributed by atoms with E-state index in [4.69, 9.17) is 14.2 Å². The highest BCUT2D eigenvalue weighted by Gasteiger charge is 2.84. The van der Waals surface area contributed by atoms with Crippen molar-refractivity contribution in [1.82, 2.24) is 4.90 Å². The van der Waals surface area contributed by atoms with Crippen molar-refractivity contribution in [2.45, 2.75) is 71.1 Å². The number of allylic oxidation sites excluding steroid dienone is 1. The summed E-state index contributed by atoms with van der Waals surface area (Å²) in [6.07, 6.45) is 4.06. The van der Waals surface area contributed by atoms with E-state index >= 15 is 0 Å². The third kappa shape index (κ3) is 2.63. The summed E-state index contributed by atoms with van der Waals surface area (Å²) in [7, 11) is 1.43. The monoisotopic (exact) mass is 487 g/mol. The van der Waals surface area contributed by atoms with Gasteiger partial charge in [0.15, 0.2) is 0 Å². The summed E-state index contributed by atoms with van der Waals surface area (Å²) in [5.41, 5.74) is -0.258. The second kappa shape index (κ2) is 7.54. The fraction of sp³-hybridized carbons (Fsp3) is 0.815. The maximum absolute atomic E-state index is 13.2. The standard InChI is InChI=1S/C27H37NO7/c1-14-11-28-12-18-7-5-17-6-8-19-20(24(31)33-4)10-26(23(17)19)25(18,13-34-15(2)29)22(35-16(3)30)9-21(14)27(26,28)32/h14,18-22,32H,5-13H2,1-4H3/t14-,18-,19+,20-,21-,22-,25-,26-,27-/m0/s1. The van der Waals surface area contributed by atoms with Gasteiger partial charge in [0.1, 0.15) is 18.4 Å². The summed E-state index contributed by atoms with van der Waals surface area (Å²) >= 11 is 0. The van der Waals surface area contributed by atoms with E-state index in [1.165, 1.54) is 32.1 Å². The minimum Gasteiger partial charge on any atom is -0.469 e. The quantitative estimate of drug-likeness (QED) is 0.367. The Labute approximate surface area is 206 Å². The molecule has 9 atom stereocenters. The molecule has 35 heavy (non-hydrogen) atoms. The highest BCUT2D eigenvalue weighted by atomic mass is 16.6. The van der Waals surface area contributed by atoms with Crippen molar-refractivity contribution in [3.63, 3.8) is 0 Å². The van der Waals surface area contributed by atoms with Crippen LogP contribution in [-0.2, 0) is 28.6 Å². The average Bonchev–Trinajstić information content (AvgIpc) is 3.42. The van der Waals surface area contributed by atoms with E-state index < -0.39 is 22.7 Å². The van der Waals surface area contributed by atoms with Gasteiger partial charge in [0.05, 0.1) is 18.4 Å². The van der Waals surface area contributed by atoms with Gasteiger partial charge in [-0.15, -0.1) is 0 Å². The zero-order chi connectivity index (χ0) is 24.9. The number of rotatable bonds is 4. The molecule has 2 heterocycles. The van der Waals surface area contributed by atoms with E-state index in [2.05, 4.69) is 11.8 Å². The molecule has 4 bridgehead atoms. The van der Waals surface area contributed by atoms with Gasteiger partial charge in [-0.3, -0.25) is 19.3 Å². The minimum atomic E-state index is -1.18. The molecular weight excluding hydrogens is 450 g/mol. The zero-order valence-corrected chi connectivity index (χ0v) is 21.2. The van der Waals surface area contributed by atoms with Crippen LogP contribution in [0.4, 0.5) is 0 Å². The van der Waals surface area contributed by atoms with Crippen LogP contribution in [0.5, 0.6) is 0 Å². The van der Waals surface area contributed by atoms with Crippen LogP contribution < -0.4 is 0 Å². The van der Waals surface area contributed by atoms with E-state index in [-0.39, 0.29) is 54.1 Å².